The van der Waals surface area contributed by atoms with Crippen LogP contribution in [0, 0.1) is 0 Å². The Morgan fingerprint density at radius 3 is 2.71 bits per heavy atom. The van der Waals surface area contributed by atoms with Crippen LogP contribution in [0.15, 0.2) is 24.3 Å². The molecule has 0 fully saturated rings. The lowest BCUT2D eigenvalue weighted by Gasteiger charge is -2.06. The number of nitrogen functional groups attached to an aromatic ring is 1. The summed E-state index contributed by atoms with van der Waals surface area (Å²) in [5.41, 5.74) is 6.78. The molecule has 0 radical (unpaired) electrons. The second-order valence-electron chi connectivity index (χ2n) is 3.82. The summed E-state index contributed by atoms with van der Waals surface area (Å²) in [5, 5.41) is 4.22. The van der Waals surface area contributed by atoms with Gasteiger partial charge in [0.1, 0.15) is 5.75 Å². The van der Waals surface area contributed by atoms with Crippen molar-refractivity contribution in [3.05, 3.63) is 35.7 Å². The monoisotopic (exact) mass is 232 g/mol. The van der Waals surface area contributed by atoms with E-state index in [9.17, 15) is 0 Å². The molecule has 0 atom stereocenters. The van der Waals surface area contributed by atoms with E-state index in [2.05, 4.69) is 10.1 Å². The molecule has 0 saturated heterocycles. The number of benzene rings is 1. The number of ether oxygens (including phenoxy) is 1. The van der Waals surface area contributed by atoms with Crippen LogP contribution in [0.1, 0.15) is 11.4 Å². The topological polar surface area (TPSA) is 66.0 Å². The van der Waals surface area contributed by atoms with E-state index < -0.39 is 0 Å². The molecule has 0 aliphatic rings. The first-order chi connectivity index (χ1) is 8.20. The average molecular weight is 232 g/mol. The van der Waals surface area contributed by atoms with Gasteiger partial charge in [-0.25, -0.2) is 4.68 Å². The Morgan fingerprint density at radius 2 is 2.06 bits per heavy atom. The Hall–Kier alpha value is -2.04. The van der Waals surface area contributed by atoms with Crippen LogP contribution in [-0.2, 0) is 19.9 Å². The largest absolute Gasteiger partial charge is 0.496 e. The van der Waals surface area contributed by atoms with Gasteiger partial charge in [0.2, 0.25) is 5.95 Å². The van der Waals surface area contributed by atoms with Crippen molar-refractivity contribution in [2.45, 2.75) is 12.8 Å². The Labute approximate surface area is 100 Å². The molecule has 1 heterocycles. The van der Waals surface area contributed by atoms with Gasteiger partial charge in [-0.05, 0) is 18.1 Å². The molecule has 0 bridgehead atoms. The van der Waals surface area contributed by atoms with Crippen molar-refractivity contribution in [1.29, 1.82) is 0 Å². The van der Waals surface area contributed by atoms with Crippen LogP contribution < -0.4 is 10.5 Å². The van der Waals surface area contributed by atoms with Gasteiger partial charge < -0.3 is 10.5 Å². The number of anilines is 1. The van der Waals surface area contributed by atoms with Crippen LogP contribution >= 0.6 is 0 Å². The van der Waals surface area contributed by atoms with Crippen molar-refractivity contribution in [2.24, 2.45) is 7.05 Å². The second-order valence-corrected chi connectivity index (χ2v) is 3.82. The fraction of sp³-hybridized carbons (Fsp3) is 0.333. The average Bonchev–Trinajstić information content (AvgIpc) is 2.66. The first kappa shape index (κ1) is 11.4. The van der Waals surface area contributed by atoms with Crippen molar-refractivity contribution < 1.29 is 4.74 Å². The molecule has 90 valence electrons. The number of para-hydroxylation sites is 1. The van der Waals surface area contributed by atoms with E-state index in [-0.39, 0.29) is 0 Å². The van der Waals surface area contributed by atoms with Gasteiger partial charge in [-0.2, -0.15) is 10.1 Å². The lowest BCUT2D eigenvalue weighted by Crippen LogP contribution is -1.98. The third-order valence-corrected chi connectivity index (χ3v) is 2.65. The van der Waals surface area contributed by atoms with Gasteiger partial charge in [0.25, 0.3) is 0 Å². The molecule has 0 spiro atoms. The number of methoxy groups -OCH3 is 1. The first-order valence-electron chi connectivity index (χ1n) is 5.48. The lowest BCUT2D eigenvalue weighted by molar-refractivity contribution is 0.409. The van der Waals surface area contributed by atoms with E-state index >= 15 is 0 Å². The molecule has 17 heavy (non-hydrogen) atoms. The summed E-state index contributed by atoms with van der Waals surface area (Å²) in [4.78, 5) is 4.17. The molecule has 1 aromatic heterocycles. The fourth-order valence-corrected chi connectivity index (χ4v) is 1.71. The molecule has 0 saturated carbocycles. The standard InChI is InChI=1S/C12H16N4O/c1-16-12(13)14-11(15-16)8-7-9-5-3-4-6-10(9)17-2/h3-6H,7-8H2,1-2H3,(H2,13,14,15). The quantitative estimate of drug-likeness (QED) is 0.860. The van der Waals surface area contributed by atoms with Crippen LogP contribution in [-0.4, -0.2) is 21.9 Å². The van der Waals surface area contributed by atoms with E-state index in [1.807, 2.05) is 24.3 Å². The molecule has 0 amide bonds. The third-order valence-electron chi connectivity index (χ3n) is 2.65. The van der Waals surface area contributed by atoms with Gasteiger partial charge >= 0.3 is 0 Å². The minimum absolute atomic E-state index is 0.444. The number of aryl methyl sites for hydroxylation is 3. The lowest BCUT2D eigenvalue weighted by atomic mass is 10.1. The van der Waals surface area contributed by atoms with Crippen molar-refractivity contribution >= 4 is 5.95 Å². The van der Waals surface area contributed by atoms with Gasteiger partial charge in [-0.15, -0.1) is 0 Å². The molecule has 1 aromatic carbocycles. The van der Waals surface area contributed by atoms with Gasteiger partial charge in [-0.1, -0.05) is 18.2 Å². The number of nitrogens with zero attached hydrogens (tertiary/aromatic N) is 3. The van der Waals surface area contributed by atoms with E-state index in [0.29, 0.717) is 5.95 Å². The zero-order valence-electron chi connectivity index (χ0n) is 10.1. The molecular formula is C12H16N4O. The minimum Gasteiger partial charge on any atom is -0.496 e. The number of hydrogen-bond acceptors (Lipinski definition) is 4. The molecule has 2 N–H and O–H groups in total. The normalized spacial score (nSPS) is 10.5. The van der Waals surface area contributed by atoms with Gasteiger partial charge in [0, 0.05) is 13.5 Å². The zero-order chi connectivity index (χ0) is 12.3. The maximum atomic E-state index is 5.63. The van der Waals surface area contributed by atoms with Crippen molar-refractivity contribution in [1.82, 2.24) is 14.8 Å². The summed E-state index contributed by atoms with van der Waals surface area (Å²) in [5.74, 6) is 2.10. The van der Waals surface area contributed by atoms with E-state index in [4.69, 9.17) is 10.5 Å². The molecule has 0 unspecified atom stereocenters. The highest BCUT2D eigenvalue weighted by atomic mass is 16.5. The van der Waals surface area contributed by atoms with Crippen LogP contribution in [0.2, 0.25) is 0 Å². The summed E-state index contributed by atoms with van der Waals surface area (Å²) in [6.45, 7) is 0. The molecule has 5 heteroatoms. The smallest absolute Gasteiger partial charge is 0.218 e. The molecule has 0 aliphatic heterocycles. The summed E-state index contributed by atoms with van der Waals surface area (Å²) < 4.78 is 6.87. The highest BCUT2D eigenvalue weighted by Crippen LogP contribution is 2.18. The van der Waals surface area contributed by atoms with Crippen molar-refractivity contribution in [3.8, 4) is 5.75 Å². The summed E-state index contributed by atoms with van der Waals surface area (Å²) in [7, 11) is 3.46. The Balaban J connectivity index is 2.07. The van der Waals surface area contributed by atoms with Crippen molar-refractivity contribution in [2.75, 3.05) is 12.8 Å². The third kappa shape index (κ3) is 2.55. The number of aromatic nitrogens is 3. The molecule has 2 aromatic rings. The summed E-state index contributed by atoms with van der Waals surface area (Å²) in [6, 6.07) is 7.96. The predicted octanol–water partition coefficient (Wildman–Crippen LogP) is 1.19. The highest BCUT2D eigenvalue weighted by Gasteiger charge is 2.06. The van der Waals surface area contributed by atoms with Crippen molar-refractivity contribution in [3.63, 3.8) is 0 Å². The van der Waals surface area contributed by atoms with Crippen LogP contribution in [0.4, 0.5) is 5.95 Å². The Morgan fingerprint density at radius 1 is 1.29 bits per heavy atom. The number of hydrogen-bond donors (Lipinski definition) is 1. The summed E-state index contributed by atoms with van der Waals surface area (Å²) in [6.07, 6.45) is 1.60. The van der Waals surface area contributed by atoms with Crippen LogP contribution in [0.25, 0.3) is 0 Å². The first-order valence-corrected chi connectivity index (χ1v) is 5.48. The fourth-order valence-electron chi connectivity index (χ4n) is 1.71. The van der Waals surface area contributed by atoms with E-state index in [1.165, 1.54) is 0 Å². The van der Waals surface area contributed by atoms with Crippen LogP contribution in [0.3, 0.4) is 0 Å². The molecular weight excluding hydrogens is 216 g/mol. The van der Waals surface area contributed by atoms with E-state index in [1.54, 1.807) is 18.8 Å². The van der Waals surface area contributed by atoms with Gasteiger partial charge in [-0.3, -0.25) is 0 Å². The Bertz CT molecular complexity index is 487. The second kappa shape index (κ2) is 4.86. The maximum absolute atomic E-state index is 5.63. The SMILES string of the molecule is COc1ccccc1CCc1nc(N)n(C)n1. The molecule has 0 aliphatic carbocycles. The molecule has 5 nitrogen and oxygen atoms in total. The van der Waals surface area contributed by atoms with Gasteiger partial charge in [0.15, 0.2) is 5.82 Å². The van der Waals surface area contributed by atoms with Gasteiger partial charge in [0.05, 0.1) is 7.11 Å². The number of nitrogens with two attached hydrogens (primary N) is 1. The maximum Gasteiger partial charge on any atom is 0.218 e. The summed E-state index contributed by atoms with van der Waals surface area (Å²) >= 11 is 0. The highest BCUT2D eigenvalue weighted by molar-refractivity contribution is 5.33. The van der Waals surface area contributed by atoms with E-state index in [0.717, 1.165) is 30.0 Å². The zero-order valence-corrected chi connectivity index (χ0v) is 10.1. The van der Waals surface area contributed by atoms with Crippen LogP contribution in [0.5, 0.6) is 5.75 Å². The minimum atomic E-state index is 0.444. The molecule has 2 rings (SSSR count). The number of rotatable bonds is 4. The Kier molecular flexibility index (Phi) is 3.27. The predicted molar refractivity (Wildman–Crippen MR) is 65.8 cm³/mol.